The molecule has 0 unspecified atom stereocenters. The molecule has 0 aromatic heterocycles. The molecule has 1 aromatic carbocycles. The molecule has 4 nitrogen and oxygen atoms in total. The van der Waals surface area contributed by atoms with Crippen molar-refractivity contribution >= 4 is 11.8 Å². The van der Waals surface area contributed by atoms with Gasteiger partial charge in [0.2, 0.25) is 0 Å². The van der Waals surface area contributed by atoms with E-state index in [1.54, 1.807) is 45.0 Å². The van der Waals surface area contributed by atoms with Crippen LogP contribution in [-0.4, -0.2) is 17.9 Å². The number of hydrogen-bond acceptors (Lipinski definition) is 4. The minimum atomic E-state index is -0.741. The number of carbonyl (C=O) groups is 2. The van der Waals surface area contributed by atoms with Crippen LogP contribution in [0.1, 0.15) is 48.4 Å². The van der Waals surface area contributed by atoms with Crippen LogP contribution in [0.3, 0.4) is 0 Å². The van der Waals surface area contributed by atoms with E-state index in [0.717, 1.165) is 0 Å². The second-order valence-electron chi connectivity index (χ2n) is 5.01. The Kier molecular flexibility index (Phi) is 4.44. The monoisotopic (exact) mass is 259 g/mol. The molecule has 4 heteroatoms. The van der Waals surface area contributed by atoms with Crippen LogP contribution < -0.4 is 0 Å². The number of esters is 1. The van der Waals surface area contributed by atoms with E-state index in [4.69, 9.17) is 10.00 Å². The highest BCUT2D eigenvalue weighted by molar-refractivity contribution is 5.96. The summed E-state index contributed by atoms with van der Waals surface area (Å²) in [7, 11) is 0. The van der Waals surface area contributed by atoms with Crippen molar-refractivity contribution < 1.29 is 14.3 Å². The molecule has 0 radical (unpaired) electrons. The van der Waals surface area contributed by atoms with E-state index in [9.17, 15) is 9.59 Å². The van der Waals surface area contributed by atoms with Crippen LogP contribution in [0.25, 0.3) is 0 Å². The van der Waals surface area contributed by atoms with Gasteiger partial charge in [0.05, 0.1) is 17.0 Å². The van der Waals surface area contributed by atoms with Crippen LogP contribution in [0.15, 0.2) is 24.3 Å². The van der Waals surface area contributed by atoms with Crippen molar-refractivity contribution in [3.05, 3.63) is 35.4 Å². The Hall–Kier alpha value is -2.15. The number of hydrogen-bond donors (Lipinski definition) is 0. The summed E-state index contributed by atoms with van der Waals surface area (Å²) in [5.74, 6) is -0.551. The number of Topliss-reactive ketones (excluding diaryl/α,β-unsaturated/α-hetero) is 1. The maximum absolute atomic E-state index is 11.9. The highest BCUT2D eigenvalue weighted by Crippen LogP contribution is 2.22. The Balaban J connectivity index is 2.80. The molecule has 0 aliphatic carbocycles. The normalized spacial score (nSPS) is 12.4. The zero-order chi connectivity index (χ0) is 14.6. The van der Waals surface area contributed by atoms with Gasteiger partial charge in [0, 0.05) is 5.56 Å². The van der Waals surface area contributed by atoms with Gasteiger partial charge in [0.15, 0.2) is 5.78 Å². The standard InChI is InChI=1S/C15H17NO3/c1-10(17)12-5-7-13(8-6-12)14(18)19-11(2)15(3,4)9-16/h5-8,11H,1-4H3/t11-/m1/s1. The smallest absolute Gasteiger partial charge is 0.338 e. The molecule has 0 spiro atoms. The fraction of sp³-hybridized carbons (Fsp3) is 0.400. The number of nitrogens with zero attached hydrogens (tertiary/aromatic N) is 1. The van der Waals surface area contributed by atoms with E-state index in [1.165, 1.54) is 6.92 Å². The first kappa shape index (κ1) is 14.9. The Bertz CT molecular complexity index is 523. The molecule has 0 saturated carbocycles. The summed E-state index contributed by atoms with van der Waals surface area (Å²) in [6.07, 6.45) is -0.516. The molecule has 0 amide bonds. The van der Waals surface area contributed by atoms with Crippen LogP contribution in [0.2, 0.25) is 0 Å². The van der Waals surface area contributed by atoms with Gasteiger partial charge >= 0.3 is 5.97 Å². The fourth-order valence-electron chi connectivity index (χ4n) is 1.31. The number of ether oxygens (including phenoxy) is 1. The van der Waals surface area contributed by atoms with Crippen molar-refractivity contribution in [3.63, 3.8) is 0 Å². The second-order valence-corrected chi connectivity index (χ2v) is 5.01. The molecule has 0 aliphatic rings. The van der Waals surface area contributed by atoms with Crippen molar-refractivity contribution in [2.24, 2.45) is 5.41 Å². The van der Waals surface area contributed by atoms with Gasteiger partial charge in [-0.1, -0.05) is 12.1 Å². The molecule has 0 N–H and O–H groups in total. The molecule has 0 heterocycles. The van der Waals surface area contributed by atoms with Crippen LogP contribution in [0.5, 0.6) is 0 Å². The first-order valence-electron chi connectivity index (χ1n) is 6.01. The molecular weight excluding hydrogens is 242 g/mol. The maximum Gasteiger partial charge on any atom is 0.338 e. The second kappa shape index (κ2) is 5.66. The van der Waals surface area contributed by atoms with Crippen molar-refractivity contribution in [1.29, 1.82) is 5.26 Å². The summed E-state index contributed by atoms with van der Waals surface area (Å²) in [5, 5.41) is 8.97. The Morgan fingerprint density at radius 1 is 1.21 bits per heavy atom. The number of rotatable bonds is 4. The maximum atomic E-state index is 11.9. The molecule has 1 atom stereocenters. The molecular formula is C15H17NO3. The van der Waals surface area contributed by atoms with Crippen molar-refractivity contribution in [2.75, 3.05) is 0 Å². The number of carbonyl (C=O) groups excluding carboxylic acids is 2. The summed E-state index contributed by atoms with van der Waals surface area (Å²) >= 11 is 0. The quantitative estimate of drug-likeness (QED) is 0.615. The molecule has 0 aliphatic heterocycles. The lowest BCUT2D eigenvalue weighted by atomic mass is 9.89. The molecule has 0 saturated heterocycles. The lowest BCUT2D eigenvalue weighted by Crippen LogP contribution is -2.30. The largest absolute Gasteiger partial charge is 0.457 e. The number of nitriles is 1. The highest BCUT2D eigenvalue weighted by atomic mass is 16.5. The minimum Gasteiger partial charge on any atom is -0.457 e. The fourth-order valence-corrected chi connectivity index (χ4v) is 1.31. The average molecular weight is 259 g/mol. The summed E-state index contributed by atoms with van der Waals surface area (Å²) in [5.41, 5.74) is 0.169. The van der Waals surface area contributed by atoms with Gasteiger partial charge in [0.1, 0.15) is 6.10 Å². The van der Waals surface area contributed by atoms with Crippen molar-refractivity contribution in [1.82, 2.24) is 0 Å². The van der Waals surface area contributed by atoms with Gasteiger partial charge in [-0.25, -0.2) is 4.79 Å². The zero-order valence-corrected chi connectivity index (χ0v) is 11.6. The van der Waals surface area contributed by atoms with Gasteiger partial charge in [-0.2, -0.15) is 5.26 Å². The Labute approximate surface area is 113 Å². The van der Waals surface area contributed by atoms with E-state index < -0.39 is 17.5 Å². The Morgan fingerprint density at radius 2 is 1.68 bits per heavy atom. The lowest BCUT2D eigenvalue weighted by Gasteiger charge is -2.24. The van der Waals surface area contributed by atoms with E-state index >= 15 is 0 Å². The van der Waals surface area contributed by atoms with E-state index in [-0.39, 0.29) is 5.78 Å². The predicted molar refractivity (Wildman–Crippen MR) is 70.7 cm³/mol. The summed E-state index contributed by atoms with van der Waals surface area (Å²) in [6.45, 7) is 6.57. The van der Waals surface area contributed by atoms with Crippen LogP contribution in [0.4, 0.5) is 0 Å². The average Bonchev–Trinajstić information content (AvgIpc) is 2.38. The van der Waals surface area contributed by atoms with Crippen molar-refractivity contribution in [2.45, 2.75) is 33.8 Å². The molecule has 100 valence electrons. The van der Waals surface area contributed by atoms with E-state index in [0.29, 0.717) is 11.1 Å². The van der Waals surface area contributed by atoms with E-state index in [2.05, 4.69) is 6.07 Å². The van der Waals surface area contributed by atoms with Gasteiger partial charge in [-0.15, -0.1) is 0 Å². The van der Waals surface area contributed by atoms with Gasteiger partial charge < -0.3 is 4.74 Å². The third-order valence-electron chi connectivity index (χ3n) is 3.12. The SMILES string of the molecule is CC(=O)c1ccc(C(=O)O[C@H](C)C(C)(C)C#N)cc1. The minimum absolute atomic E-state index is 0.0566. The van der Waals surface area contributed by atoms with Crippen LogP contribution in [-0.2, 0) is 4.74 Å². The molecule has 1 rings (SSSR count). The first-order chi connectivity index (χ1) is 8.77. The topological polar surface area (TPSA) is 67.2 Å². The lowest BCUT2D eigenvalue weighted by molar-refractivity contribution is 0.0129. The summed E-state index contributed by atoms with van der Waals surface area (Å²) < 4.78 is 5.25. The molecule has 1 aromatic rings. The Morgan fingerprint density at radius 3 is 2.11 bits per heavy atom. The van der Waals surface area contributed by atoms with Gasteiger partial charge in [-0.05, 0) is 39.8 Å². The molecule has 0 fully saturated rings. The van der Waals surface area contributed by atoms with Crippen molar-refractivity contribution in [3.8, 4) is 6.07 Å². The molecule has 0 bridgehead atoms. The predicted octanol–water partition coefficient (Wildman–Crippen LogP) is 2.98. The zero-order valence-electron chi connectivity index (χ0n) is 11.6. The third kappa shape index (κ3) is 3.65. The highest BCUT2D eigenvalue weighted by Gasteiger charge is 2.29. The summed E-state index contributed by atoms with van der Waals surface area (Å²) in [4.78, 5) is 23.0. The van der Waals surface area contributed by atoms with Crippen LogP contribution >= 0.6 is 0 Å². The van der Waals surface area contributed by atoms with E-state index in [1.807, 2.05) is 0 Å². The number of benzene rings is 1. The molecule has 19 heavy (non-hydrogen) atoms. The number of ketones is 1. The van der Waals surface area contributed by atoms with Crippen LogP contribution in [0, 0.1) is 16.7 Å². The first-order valence-corrected chi connectivity index (χ1v) is 6.01. The summed E-state index contributed by atoms with van der Waals surface area (Å²) in [6, 6.07) is 8.36. The third-order valence-corrected chi connectivity index (χ3v) is 3.12. The van der Waals surface area contributed by atoms with Gasteiger partial charge in [-0.3, -0.25) is 4.79 Å². The van der Waals surface area contributed by atoms with Gasteiger partial charge in [0.25, 0.3) is 0 Å².